The lowest BCUT2D eigenvalue weighted by Crippen LogP contribution is -2.31. The van der Waals surface area contributed by atoms with Gasteiger partial charge in [0.1, 0.15) is 12.2 Å². The Labute approximate surface area is 91.9 Å². The summed E-state index contributed by atoms with van der Waals surface area (Å²) < 4.78 is 1.94. The lowest BCUT2D eigenvalue weighted by Gasteiger charge is -2.29. The van der Waals surface area contributed by atoms with Crippen LogP contribution in [0.1, 0.15) is 33.5 Å². The van der Waals surface area contributed by atoms with Crippen molar-refractivity contribution in [3.63, 3.8) is 0 Å². The van der Waals surface area contributed by atoms with Gasteiger partial charge in [-0.3, -0.25) is 4.68 Å². The Kier molecular flexibility index (Phi) is 3.85. The standard InChI is InChI=1S/C11H22N4/c1-5-15-10(13-8-14-15)6-9(7-12)11(2,3)4/h8-9H,5-7,12H2,1-4H3. The molecule has 1 heterocycles. The average molecular weight is 210 g/mol. The summed E-state index contributed by atoms with van der Waals surface area (Å²) >= 11 is 0. The van der Waals surface area contributed by atoms with Crippen LogP contribution in [0, 0.1) is 11.3 Å². The van der Waals surface area contributed by atoms with Crippen molar-refractivity contribution in [3.8, 4) is 0 Å². The van der Waals surface area contributed by atoms with Crippen molar-refractivity contribution in [2.75, 3.05) is 6.54 Å². The zero-order chi connectivity index (χ0) is 11.5. The molecule has 2 N–H and O–H groups in total. The number of nitrogens with zero attached hydrogens (tertiary/aromatic N) is 3. The zero-order valence-electron chi connectivity index (χ0n) is 10.2. The molecule has 4 nitrogen and oxygen atoms in total. The fraction of sp³-hybridized carbons (Fsp3) is 0.818. The zero-order valence-corrected chi connectivity index (χ0v) is 10.2. The summed E-state index contributed by atoms with van der Waals surface area (Å²) in [5, 5.41) is 4.17. The molecule has 4 heteroatoms. The van der Waals surface area contributed by atoms with Crippen molar-refractivity contribution < 1.29 is 0 Å². The van der Waals surface area contributed by atoms with Gasteiger partial charge in [0.25, 0.3) is 0 Å². The Morgan fingerprint density at radius 2 is 2.13 bits per heavy atom. The number of hydrogen-bond donors (Lipinski definition) is 1. The molecule has 0 saturated carbocycles. The van der Waals surface area contributed by atoms with E-state index in [9.17, 15) is 0 Å². The van der Waals surface area contributed by atoms with E-state index >= 15 is 0 Å². The molecule has 0 fully saturated rings. The van der Waals surface area contributed by atoms with E-state index in [0.717, 1.165) is 18.8 Å². The molecule has 0 aliphatic rings. The molecule has 15 heavy (non-hydrogen) atoms. The van der Waals surface area contributed by atoms with E-state index < -0.39 is 0 Å². The Morgan fingerprint density at radius 3 is 2.60 bits per heavy atom. The Balaban J connectivity index is 2.75. The number of rotatable bonds is 4. The molecular weight excluding hydrogens is 188 g/mol. The first kappa shape index (κ1) is 12.2. The number of hydrogen-bond acceptors (Lipinski definition) is 3. The summed E-state index contributed by atoms with van der Waals surface area (Å²) in [6, 6.07) is 0. The molecule has 0 aromatic carbocycles. The van der Waals surface area contributed by atoms with Crippen LogP contribution in [0.2, 0.25) is 0 Å². The van der Waals surface area contributed by atoms with Crippen molar-refractivity contribution >= 4 is 0 Å². The maximum absolute atomic E-state index is 5.81. The molecule has 0 bridgehead atoms. The second kappa shape index (κ2) is 4.75. The minimum Gasteiger partial charge on any atom is -0.330 e. The highest BCUT2D eigenvalue weighted by molar-refractivity contribution is 4.90. The molecule has 1 atom stereocenters. The minimum absolute atomic E-state index is 0.221. The highest BCUT2D eigenvalue weighted by atomic mass is 15.3. The molecule has 1 unspecified atom stereocenters. The largest absolute Gasteiger partial charge is 0.330 e. The normalized spacial score (nSPS) is 14.2. The second-order valence-electron chi connectivity index (χ2n) is 4.99. The van der Waals surface area contributed by atoms with Crippen molar-refractivity contribution in [1.29, 1.82) is 0 Å². The van der Waals surface area contributed by atoms with Gasteiger partial charge in [0.15, 0.2) is 0 Å². The van der Waals surface area contributed by atoms with Gasteiger partial charge >= 0.3 is 0 Å². The fourth-order valence-electron chi connectivity index (χ4n) is 1.67. The molecule has 1 aromatic heterocycles. The van der Waals surface area contributed by atoms with Crippen molar-refractivity contribution in [2.45, 2.75) is 40.7 Å². The van der Waals surface area contributed by atoms with E-state index in [-0.39, 0.29) is 5.41 Å². The molecule has 0 saturated heterocycles. The van der Waals surface area contributed by atoms with E-state index in [1.165, 1.54) is 0 Å². The Hall–Kier alpha value is -0.900. The molecular formula is C11H22N4. The maximum atomic E-state index is 5.81. The lowest BCUT2D eigenvalue weighted by atomic mass is 9.78. The van der Waals surface area contributed by atoms with E-state index in [4.69, 9.17) is 5.73 Å². The molecule has 86 valence electrons. The van der Waals surface area contributed by atoms with Crippen molar-refractivity contribution in [3.05, 3.63) is 12.2 Å². The third-order valence-electron chi connectivity index (χ3n) is 2.93. The van der Waals surface area contributed by atoms with Crippen LogP contribution in [-0.4, -0.2) is 21.3 Å². The number of aromatic nitrogens is 3. The quantitative estimate of drug-likeness (QED) is 0.818. The van der Waals surface area contributed by atoms with Gasteiger partial charge in [-0.1, -0.05) is 20.8 Å². The summed E-state index contributed by atoms with van der Waals surface area (Å²) in [7, 11) is 0. The SMILES string of the molecule is CCn1ncnc1CC(CN)C(C)(C)C. The molecule has 0 aliphatic carbocycles. The van der Waals surface area contributed by atoms with Crippen molar-refractivity contribution in [1.82, 2.24) is 14.8 Å². The smallest absolute Gasteiger partial charge is 0.138 e. The number of nitrogens with two attached hydrogens (primary N) is 1. The van der Waals surface area contributed by atoms with Crippen LogP contribution >= 0.6 is 0 Å². The Bertz CT molecular complexity index is 298. The number of aryl methyl sites for hydroxylation is 1. The van der Waals surface area contributed by atoms with Gasteiger partial charge in [0.2, 0.25) is 0 Å². The molecule has 0 amide bonds. The van der Waals surface area contributed by atoms with Gasteiger partial charge in [-0.15, -0.1) is 0 Å². The predicted octanol–water partition coefficient (Wildman–Crippen LogP) is 1.46. The summed E-state index contributed by atoms with van der Waals surface area (Å²) in [6.07, 6.45) is 2.53. The van der Waals surface area contributed by atoms with Gasteiger partial charge < -0.3 is 5.73 Å². The first-order valence-corrected chi connectivity index (χ1v) is 5.55. The maximum Gasteiger partial charge on any atom is 0.138 e. The average Bonchev–Trinajstić information content (AvgIpc) is 2.59. The van der Waals surface area contributed by atoms with Crippen LogP contribution in [-0.2, 0) is 13.0 Å². The first-order valence-electron chi connectivity index (χ1n) is 5.55. The fourth-order valence-corrected chi connectivity index (χ4v) is 1.67. The predicted molar refractivity (Wildman–Crippen MR) is 61.4 cm³/mol. The van der Waals surface area contributed by atoms with Gasteiger partial charge in [-0.25, -0.2) is 4.98 Å². The van der Waals surface area contributed by atoms with E-state index in [1.54, 1.807) is 6.33 Å². The molecule has 0 spiro atoms. The van der Waals surface area contributed by atoms with Crippen LogP contribution in [0.5, 0.6) is 0 Å². The van der Waals surface area contributed by atoms with Crippen LogP contribution in [0.4, 0.5) is 0 Å². The third-order valence-corrected chi connectivity index (χ3v) is 2.93. The van der Waals surface area contributed by atoms with Gasteiger partial charge in [-0.2, -0.15) is 5.10 Å². The summed E-state index contributed by atoms with van der Waals surface area (Å²) in [5.41, 5.74) is 6.03. The monoisotopic (exact) mass is 210 g/mol. The van der Waals surface area contributed by atoms with E-state index in [1.807, 2.05) is 4.68 Å². The highest BCUT2D eigenvalue weighted by Gasteiger charge is 2.24. The van der Waals surface area contributed by atoms with E-state index in [0.29, 0.717) is 12.5 Å². The first-order chi connectivity index (χ1) is 6.99. The highest BCUT2D eigenvalue weighted by Crippen LogP contribution is 2.27. The molecule has 1 aromatic rings. The van der Waals surface area contributed by atoms with Gasteiger partial charge in [0.05, 0.1) is 0 Å². The molecule has 0 aliphatic heterocycles. The summed E-state index contributed by atoms with van der Waals surface area (Å²) in [6.45, 7) is 10.3. The molecule has 1 rings (SSSR count). The van der Waals surface area contributed by atoms with E-state index in [2.05, 4.69) is 37.8 Å². The lowest BCUT2D eigenvalue weighted by molar-refractivity contribution is 0.240. The minimum atomic E-state index is 0.221. The van der Waals surface area contributed by atoms with Gasteiger partial charge in [0, 0.05) is 13.0 Å². The van der Waals surface area contributed by atoms with Crippen LogP contribution in [0.3, 0.4) is 0 Å². The second-order valence-corrected chi connectivity index (χ2v) is 4.99. The van der Waals surface area contributed by atoms with Gasteiger partial charge in [-0.05, 0) is 24.8 Å². The van der Waals surface area contributed by atoms with Crippen LogP contribution < -0.4 is 5.73 Å². The Morgan fingerprint density at radius 1 is 1.47 bits per heavy atom. The third kappa shape index (κ3) is 3.02. The van der Waals surface area contributed by atoms with Crippen LogP contribution in [0.25, 0.3) is 0 Å². The summed E-state index contributed by atoms with van der Waals surface area (Å²) in [4.78, 5) is 4.28. The topological polar surface area (TPSA) is 56.7 Å². The summed E-state index contributed by atoms with van der Waals surface area (Å²) in [5.74, 6) is 1.50. The van der Waals surface area contributed by atoms with Crippen molar-refractivity contribution in [2.24, 2.45) is 17.1 Å². The van der Waals surface area contributed by atoms with Crippen LogP contribution in [0.15, 0.2) is 6.33 Å². The molecule has 0 radical (unpaired) electrons.